The first-order chi connectivity index (χ1) is 8.85. The summed E-state index contributed by atoms with van der Waals surface area (Å²) in [6.07, 6.45) is 4.68. The van der Waals surface area contributed by atoms with Crippen molar-refractivity contribution in [1.29, 1.82) is 0 Å². The smallest absolute Gasteiger partial charge is 0.243 e. The van der Waals surface area contributed by atoms with Gasteiger partial charge in [0.05, 0.1) is 12.7 Å². The number of aromatic nitrogens is 2. The highest BCUT2D eigenvalue weighted by Gasteiger charge is 2.19. The van der Waals surface area contributed by atoms with Gasteiger partial charge in [0, 0.05) is 18.8 Å². The van der Waals surface area contributed by atoms with Gasteiger partial charge in [-0.25, -0.2) is 13.1 Å². The molecule has 1 atom stereocenters. The molecular weight excluding hydrogens is 264 g/mol. The van der Waals surface area contributed by atoms with Crippen molar-refractivity contribution in [3.63, 3.8) is 0 Å². The van der Waals surface area contributed by atoms with Crippen molar-refractivity contribution in [2.75, 3.05) is 6.54 Å². The zero-order chi connectivity index (χ0) is 14.5. The number of rotatable bonds is 8. The van der Waals surface area contributed by atoms with Gasteiger partial charge in [0.15, 0.2) is 0 Å². The van der Waals surface area contributed by atoms with E-state index in [0.29, 0.717) is 19.0 Å². The highest BCUT2D eigenvalue weighted by molar-refractivity contribution is 7.89. The molecule has 0 aliphatic rings. The van der Waals surface area contributed by atoms with E-state index >= 15 is 0 Å². The molecule has 0 amide bonds. The summed E-state index contributed by atoms with van der Waals surface area (Å²) in [5.74, 6) is 0.569. The average molecular weight is 288 g/mol. The zero-order valence-corrected chi connectivity index (χ0v) is 12.7. The van der Waals surface area contributed by atoms with Crippen LogP contribution >= 0.6 is 0 Å². The van der Waals surface area contributed by atoms with Gasteiger partial charge >= 0.3 is 0 Å². The Kier molecular flexibility index (Phi) is 5.96. The predicted molar refractivity (Wildman–Crippen MR) is 75.1 cm³/mol. The van der Waals surface area contributed by atoms with Gasteiger partial charge in [-0.1, -0.05) is 13.8 Å². The van der Waals surface area contributed by atoms with Gasteiger partial charge in [-0.2, -0.15) is 5.10 Å². The molecular formula is C12H24N4O2S. The number of nitrogens with two attached hydrogens (primary N) is 1. The Morgan fingerprint density at radius 2 is 2.05 bits per heavy atom. The molecule has 1 aromatic heterocycles. The molecule has 1 rings (SSSR count). The van der Waals surface area contributed by atoms with Crippen LogP contribution in [0, 0.1) is 5.92 Å². The Bertz CT molecular complexity index is 482. The van der Waals surface area contributed by atoms with E-state index in [1.165, 1.54) is 17.1 Å². The second kappa shape index (κ2) is 7.02. The van der Waals surface area contributed by atoms with Crippen LogP contribution in [0.3, 0.4) is 0 Å². The molecule has 0 fully saturated rings. The Balaban J connectivity index is 2.64. The number of nitrogens with zero attached hydrogens (tertiary/aromatic N) is 2. The highest BCUT2D eigenvalue weighted by Crippen LogP contribution is 2.11. The molecule has 0 aliphatic carbocycles. The van der Waals surface area contributed by atoms with Crippen LogP contribution in [0.25, 0.3) is 0 Å². The first-order valence-electron chi connectivity index (χ1n) is 6.60. The third-order valence-electron chi connectivity index (χ3n) is 2.81. The number of hydrogen-bond donors (Lipinski definition) is 2. The molecule has 0 spiro atoms. The Morgan fingerprint density at radius 3 is 2.63 bits per heavy atom. The molecule has 0 bridgehead atoms. The molecule has 0 saturated heterocycles. The summed E-state index contributed by atoms with van der Waals surface area (Å²) in [7, 11) is -3.48. The fourth-order valence-corrected chi connectivity index (χ4v) is 2.94. The predicted octanol–water partition coefficient (Wildman–Crippen LogP) is 0.945. The van der Waals surface area contributed by atoms with Crippen LogP contribution in [0.15, 0.2) is 17.3 Å². The van der Waals surface area contributed by atoms with Crippen LogP contribution in [0.1, 0.15) is 33.6 Å². The maximum absolute atomic E-state index is 12.1. The molecule has 0 aliphatic heterocycles. The van der Waals surface area contributed by atoms with Gasteiger partial charge in [0.1, 0.15) is 4.90 Å². The molecule has 19 heavy (non-hydrogen) atoms. The fourth-order valence-electron chi connectivity index (χ4n) is 1.71. The van der Waals surface area contributed by atoms with Crippen molar-refractivity contribution < 1.29 is 8.42 Å². The van der Waals surface area contributed by atoms with Crippen LogP contribution in [0.5, 0.6) is 0 Å². The van der Waals surface area contributed by atoms with E-state index in [1.54, 1.807) is 0 Å². The van der Waals surface area contributed by atoms with Crippen LogP contribution in [0.4, 0.5) is 0 Å². The third-order valence-corrected chi connectivity index (χ3v) is 4.36. The highest BCUT2D eigenvalue weighted by atomic mass is 32.2. The summed E-state index contributed by atoms with van der Waals surface area (Å²) >= 11 is 0. The average Bonchev–Trinajstić information content (AvgIpc) is 2.76. The summed E-state index contributed by atoms with van der Waals surface area (Å²) < 4.78 is 28.4. The minimum Gasteiger partial charge on any atom is -0.329 e. The van der Waals surface area contributed by atoms with Crippen molar-refractivity contribution in [1.82, 2.24) is 14.5 Å². The second-order valence-electron chi connectivity index (χ2n) is 5.22. The summed E-state index contributed by atoms with van der Waals surface area (Å²) in [5, 5.41) is 3.97. The molecule has 0 radical (unpaired) electrons. The third kappa shape index (κ3) is 5.30. The van der Waals surface area contributed by atoms with Gasteiger partial charge in [-0.05, 0) is 25.7 Å². The quantitative estimate of drug-likeness (QED) is 0.745. The molecule has 1 unspecified atom stereocenters. The Hall–Kier alpha value is -0.920. The first-order valence-corrected chi connectivity index (χ1v) is 8.08. The Labute approximate surface area is 115 Å². The topological polar surface area (TPSA) is 90.0 Å². The van der Waals surface area contributed by atoms with E-state index in [1.807, 2.05) is 6.92 Å². The van der Waals surface area contributed by atoms with E-state index < -0.39 is 10.0 Å². The monoisotopic (exact) mass is 288 g/mol. The van der Waals surface area contributed by atoms with Crippen LogP contribution in [0.2, 0.25) is 0 Å². The summed E-state index contributed by atoms with van der Waals surface area (Å²) in [6, 6.07) is -0.0785. The van der Waals surface area contributed by atoms with Crippen molar-refractivity contribution in [2.24, 2.45) is 11.7 Å². The number of sulfonamides is 1. The minimum atomic E-state index is -3.48. The van der Waals surface area contributed by atoms with Gasteiger partial charge in [0.2, 0.25) is 10.0 Å². The van der Waals surface area contributed by atoms with Crippen LogP contribution in [-0.4, -0.2) is 30.8 Å². The number of hydrogen-bond acceptors (Lipinski definition) is 4. The molecule has 7 heteroatoms. The summed E-state index contributed by atoms with van der Waals surface area (Å²) in [5.41, 5.74) is 5.40. The lowest BCUT2D eigenvalue weighted by Crippen LogP contribution is -2.32. The largest absolute Gasteiger partial charge is 0.329 e. The van der Waals surface area contributed by atoms with Crippen LogP contribution < -0.4 is 10.5 Å². The maximum Gasteiger partial charge on any atom is 0.243 e. The van der Waals surface area contributed by atoms with E-state index in [4.69, 9.17) is 5.73 Å². The number of nitrogens with one attached hydrogen (secondary N) is 1. The van der Waals surface area contributed by atoms with E-state index in [9.17, 15) is 8.42 Å². The molecule has 0 saturated carbocycles. The molecule has 3 N–H and O–H groups in total. The molecule has 1 aromatic rings. The summed E-state index contributed by atoms with van der Waals surface area (Å²) in [4.78, 5) is 0.192. The maximum atomic E-state index is 12.1. The van der Waals surface area contributed by atoms with Crippen molar-refractivity contribution in [3.8, 4) is 0 Å². The van der Waals surface area contributed by atoms with Gasteiger partial charge in [-0.15, -0.1) is 0 Å². The fraction of sp³-hybridized carbons (Fsp3) is 0.750. The SMILES string of the molecule is CC(C)CCC(C)NS(=O)(=O)c1cnn(CCN)c1. The van der Waals surface area contributed by atoms with Gasteiger partial charge in [0.25, 0.3) is 0 Å². The Morgan fingerprint density at radius 1 is 1.37 bits per heavy atom. The lowest BCUT2D eigenvalue weighted by atomic mass is 10.1. The molecule has 110 valence electrons. The lowest BCUT2D eigenvalue weighted by Gasteiger charge is -2.14. The summed E-state index contributed by atoms with van der Waals surface area (Å²) in [6.45, 7) is 7.07. The minimum absolute atomic E-state index is 0.0785. The van der Waals surface area contributed by atoms with Crippen molar-refractivity contribution in [2.45, 2.75) is 51.1 Å². The molecule has 0 aromatic carbocycles. The van der Waals surface area contributed by atoms with Crippen molar-refractivity contribution >= 4 is 10.0 Å². The second-order valence-corrected chi connectivity index (χ2v) is 6.94. The molecule has 6 nitrogen and oxygen atoms in total. The zero-order valence-electron chi connectivity index (χ0n) is 11.8. The first kappa shape index (κ1) is 16.1. The van der Waals surface area contributed by atoms with Gasteiger partial charge in [-0.3, -0.25) is 4.68 Å². The van der Waals surface area contributed by atoms with E-state index in [2.05, 4.69) is 23.7 Å². The normalized spacial score (nSPS) is 13.9. The van der Waals surface area contributed by atoms with Gasteiger partial charge < -0.3 is 5.73 Å². The standard InChI is InChI=1S/C12H24N4O2S/c1-10(2)4-5-11(3)15-19(17,18)12-8-14-16(9-12)7-6-13/h8-11,15H,4-7,13H2,1-3H3. The van der Waals surface area contributed by atoms with Crippen LogP contribution in [-0.2, 0) is 16.6 Å². The molecule has 1 heterocycles. The lowest BCUT2D eigenvalue weighted by molar-refractivity contribution is 0.485. The van der Waals surface area contributed by atoms with E-state index in [-0.39, 0.29) is 10.9 Å². The van der Waals surface area contributed by atoms with Crippen molar-refractivity contribution in [3.05, 3.63) is 12.4 Å². The van der Waals surface area contributed by atoms with E-state index in [0.717, 1.165) is 12.8 Å².